The number of amides is 1. The second-order valence-electron chi connectivity index (χ2n) is 6.23. The molecule has 1 amide bonds. The Bertz CT molecular complexity index is 1200. The van der Waals surface area contributed by atoms with Crippen molar-refractivity contribution in [2.45, 2.75) is 4.90 Å². The molecule has 0 aliphatic heterocycles. The van der Waals surface area contributed by atoms with Gasteiger partial charge in [0.2, 0.25) is 10.0 Å². The highest BCUT2D eigenvalue weighted by molar-refractivity contribution is 7.89. The van der Waals surface area contributed by atoms with Gasteiger partial charge in [0.05, 0.1) is 22.7 Å². The lowest BCUT2D eigenvalue weighted by atomic mass is 10.1. The van der Waals surface area contributed by atoms with E-state index in [0.717, 1.165) is 15.1 Å². The lowest BCUT2D eigenvalue weighted by molar-refractivity contribution is -0.121. The van der Waals surface area contributed by atoms with E-state index in [-0.39, 0.29) is 11.4 Å². The van der Waals surface area contributed by atoms with Gasteiger partial charge in [-0.15, -0.1) is 0 Å². The number of hydrazone groups is 1. The highest BCUT2D eigenvalue weighted by Gasteiger charge is 2.23. The van der Waals surface area contributed by atoms with Crippen molar-refractivity contribution in [1.82, 2.24) is 9.73 Å². The van der Waals surface area contributed by atoms with Crippen molar-refractivity contribution in [3.63, 3.8) is 0 Å². The van der Waals surface area contributed by atoms with Gasteiger partial charge >= 0.3 is 0 Å². The summed E-state index contributed by atoms with van der Waals surface area (Å²) in [5, 5.41) is 6.41. The van der Waals surface area contributed by atoms with E-state index in [2.05, 4.69) is 10.5 Å². The highest BCUT2D eigenvalue weighted by Crippen LogP contribution is 2.21. The molecule has 0 bridgehead atoms. The summed E-state index contributed by atoms with van der Waals surface area (Å²) in [6, 6.07) is 17.1. The average molecular weight is 450 g/mol. The predicted molar refractivity (Wildman–Crippen MR) is 116 cm³/mol. The second kappa shape index (κ2) is 8.92. The van der Waals surface area contributed by atoms with Gasteiger partial charge in [0.1, 0.15) is 0 Å². The molecule has 0 fully saturated rings. The first-order chi connectivity index (χ1) is 13.8. The topological polar surface area (TPSA) is 78.8 Å². The lowest BCUT2D eigenvalue weighted by Gasteiger charge is -2.16. The molecule has 150 valence electrons. The zero-order valence-electron chi connectivity index (χ0n) is 15.3. The molecule has 0 radical (unpaired) electrons. The van der Waals surface area contributed by atoms with E-state index >= 15 is 0 Å². The lowest BCUT2D eigenvalue weighted by Crippen LogP contribution is -2.36. The van der Waals surface area contributed by atoms with E-state index in [1.54, 1.807) is 30.3 Å². The molecule has 0 heterocycles. The number of benzene rings is 3. The minimum atomic E-state index is -3.83. The molecule has 1 N–H and O–H groups in total. The van der Waals surface area contributed by atoms with Crippen LogP contribution in [-0.4, -0.2) is 38.4 Å². The van der Waals surface area contributed by atoms with Crippen molar-refractivity contribution in [3.8, 4) is 0 Å². The maximum Gasteiger partial charge on any atom is 0.255 e. The minimum absolute atomic E-state index is 0.114. The Balaban J connectivity index is 1.66. The summed E-state index contributed by atoms with van der Waals surface area (Å²) in [5.41, 5.74) is 2.85. The van der Waals surface area contributed by atoms with Gasteiger partial charge in [0.15, 0.2) is 0 Å². The third-order valence-corrected chi connectivity index (χ3v) is 6.51. The third kappa shape index (κ3) is 5.13. The monoisotopic (exact) mass is 449 g/mol. The maximum absolute atomic E-state index is 12.8. The Morgan fingerprint density at radius 2 is 1.79 bits per heavy atom. The number of nitrogens with zero attached hydrogens (tertiary/aromatic N) is 2. The molecule has 0 aromatic heterocycles. The Hall–Kier alpha value is -2.45. The van der Waals surface area contributed by atoms with Crippen LogP contribution in [0.3, 0.4) is 0 Å². The number of sulfonamides is 1. The van der Waals surface area contributed by atoms with Crippen molar-refractivity contribution in [2.75, 3.05) is 13.6 Å². The summed E-state index contributed by atoms with van der Waals surface area (Å²) in [6.07, 6.45) is 1.36. The minimum Gasteiger partial charge on any atom is -0.272 e. The molecule has 9 heteroatoms. The smallest absolute Gasteiger partial charge is 0.255 e. The summed E-state index contributed by atoms with van der Waals surface area (Å²) in [4.78, 5) is 12.2. The summed E-state index contributed by atoms with van der Waals surface area (Å²) in [5.74, 6) is -0.585. The SMILES string of the molecule is CN(CC(=O)NN=Cc1ccc(Cl)cc1Cl)S(=O)(=O)c1ccc2ccccc2c1. The van der Waals surface area contributed by atoms with E-state index in [0.29, 0.717) is 15.6 Å². The number of fused-ring (bicyclic) bond motifs is 1. The van der Waals surface area contributed by atoms with Gasteiger partial charge in [-0.2, -0.15) is 9.41 Å². The zero-order valence-corrected chi connectivity index (χ0v) is 17.7. The number of rotatable bonds is 6. The Kier molecular flexibility index (Phi) is 6.54. The van der Waals surface area contributed by atoms with E-state index in [1.807, 2.05) is 24.3 Å². The fraction of sp³-hybridized carbons (Fsp3) is 0.100. The third-order valence-electron chi connectivity index (χ3n) is 4.15. The number of hydrogen-bond donors (Lipinski definition) is 1. The number of carbonyl (C=O) groups excluding carboxylic acids is 1. The van der Waals surface area contributed by atoms with Crippen LogP contribution in [0.15, 0.2) is 70.7 Å². The Morgan fingerprint density at radius 3 is 2.52 bits per heavy atom. The molecule has 0 atom stereocenters. The summed E-state index contributed by atoms with van der Waals surface area (Å²) >= 11 is 11.8. The van der Waals surface area contributed by atoms with Crippen molar-refractivity contribution in [2.24, 2.45) is 5.10 Å². The van der Waals surface area contributed by atoms with Gasteiger partial charge in [-0.05, 0) is 35.0 Å². The van der Waals surface area contributed by atoms with Crippen molar-refractivity contribution in [3.05, 3.63) is 76.3 Å². The number of carbonyl (C=O) groups is 1. The molecule has 0 saturated carbocycles. The van der Waals surface area contributed by atoms with Crippen LogP contribution in [-0.2, 0) is 14.8 Å². The van der Waals surface area contributed by atoms with Crippen molar-refractivity contribution >= 4 is 56.1 Å². The van der Waals surface area contributed by atoms with Crippen LogP contribution in [0.5, 0.6) is 0 Å². The molecule has 6 nitrogen and oxygen atoms in total. The molecule has 0 saturated heterocycles. The fourth-order valence-electron chi connectivity index (χ4n) is 2.61. The zero-order chi connectivity index (χ0) is 21.0. The quantitative estimate of drug-likeness (QED) is 0.457. The Labute approximate surface area is 178 Å². The van der Waals surface area contributed by atoms with Gasteiger partial charge in [-0.1, -0.05) is 59.6 Å². The molecule has 0 unspecified atom stereocenters. The first-order valence-corrected chi connectivity index (χ1v) is 10.7. The molecular weight excluding hydrogens is 433 g/mol. The first-order valence-electron chi connectivity index (χ1n) is 8.49. The van der Waals surface area contributed by atoms with Crippen LogP contribution < -0.4 is 5.43 Å². The molecule has 3 rings (SSSR count). The molecular formula is C20H17Cl2N3O3S. The van der Waals surface area contributed by atoms with Gasteiger partial charge in [-0.25, -0.2) is 13.8 Å². The standard InChI is InChI=1S/C20H17Cl2N3O3S/c1-25(13-20(26)24-23-12-16-6-8-17(21)11-19(16)22)29(27,28)18-9-7-14-4-2-3-5-15(14)10-18/h2-12H,13H2,1H3,(H,24,26). The van der Waals surface area contributed by atoms with E-state index in [9.17, 15) is 13.2 Å². The second-order valence-corrected chi connectivity index (χ2v) is 9.12. The van der Waals surface area contributed by atoms with Crippen LogP contribution >= 0.6 is 23.2 Å². The molecule has 29 heavy (non-hydrogen) atoms. The van der Waals surface area contributed by atoms with Crippen LogP contribution in [0.1, 0.15) is 5.56 Å². The molecule has 3 aromatic rings. The molecule has 0 aliphatic rings. The van der Waals surface area contributed by atoms with Gasteiger partial charge < -0.3 is 0 Å². The summed E-state index contributed by atoms with van der Waals surface area (Å²) in [7, 11) is -2.49. The highest BCUT2D eigenvalue weighted by atomic mass is 35.5. The Morgan fingerprint density at radius 1 is 1.07 bits per heavy atom. The normalized spacial score (nSPS) is 12.0. The summed E-state index contributed by atoms with van der Waals surface area (Å²) in [6.45, 7) is -0.388. The number of likely N-dealkylation sites (N-methyl/N-ethyl adjacent to an activating group) is 1. The van der Waals surface area contributed by atoms with Gasteiger partial charge in [0.25, 0.3) is 5.91 Å². The van der Waals surface area contributed by atoms with Crippen LogP contribution in [0.25, 0.3) is 10.8 Å². The van der Waals surface area contributed by atoms with Crippen molar-refractivity contribution < 1.29 is 13.2 Å². The van der Waals surface area contributed by atoms with Gasteiger partial charge in [-0.3, -0.25) is 4.79 Å². The number of hydrogen-bond acceptors (Lipinski definition) is 4. The summed E-state index contributed by atoms with van der Waals surface area (Å²) < 4.78 is 26.5. The fourth-order valence-corrected chi connectivity index (χ4v) is 4.23. The van der Waals surface area contributed by atoms with Crippen LogP contribution in [0.4, 0.5) is 0 Å². The molecule has 0 spiro atoms. The van der Waals surface area contributed by atoms with Crippen LogP contribution in [0.2, 0.25) is 10.0 Å². The van der Waals surface area contributed by atoms with E-state index in [1.165, 1.54) is 19.3 Å². The maximum atomic E-state index is 12.8. The predicted octanol–water partition coefficient (Wildman–Crippen LogP) is 3.92. The van der Waals surface area contributed by atoms with Gasteiger partial charge in [0, 0.05) is 17.6 Å². The van der Waals surface area contributed by atoms with Crippen molar-refractivity contribution in [1.29, 1.82) is 0 Å². The largest absolute Gasteiger partial charge is 0.272 e. The molecule has 0 aliphatic carbocycles. The first kappa shape index (κ1) is 21.3. The average Bonchev–Trinajstić information content (AvgIpc) is 2.69. The molecule has 3 aromatic carbocycles. The number of halogens is 2. The number of nitrogens with one attached hydrogen (secondary N) is 1. The van der Waals surface area contributed by atoms with Crippen LogP contribution in [0, 0.1) is 0 Å². The van der Waals surface area contributed by atoms with E-state index in [4.69, 9.17) is 23.2 Å². The van der Waals surface area contributed by atoms with E-state index < -0.39 is 15.9 Å².